The summed E-state index contributed by atoms with van der Waals surface area (Å²) < 4.78 is 135. The molecule has 626 valence electrons. The van der Waals surface area contributed by atoms with Crippen LogP contribution in [0.1, 0.15) is 66.6 Å². The summed E-state index contributed by atoms with van der Waals surface area (Å²) in [6.07, 6.45) is -9.73. The Kier molecular flexibility index (Phi) is 35.0. The molecule has 0 aliphatic heterocycles. The molecule has 0 unspecified atom stereocenters. The number of alkyl halides is 11. The quantitative estimate of drug-likeness (QED) is 0.0173. The fraction of sp³-hybridized carbons (Fsp3) is 0.120. The van der Waals surface area contributed by atoms with E-state index in [1.807, 2.05) is 173 Å². The predicted molar refractivity (Wildman–Crippen MR) is 473 cm³/mol. The van der Waals surface area contributed by atoms with E-state index in [0.717, 1.165) is 130 Å². The number of para-hydroxylation sites is 3. The molecule has 0 atom stereocenters. The molecular formula is C92H75BBrCl2F9N11O6Se+. The van der Waals surface area contributed by atoms with Gasteiger partial charge in [0.25, 0.3) is 0 Å². The van der Waals surface area contributed by atoms with Gasteiger partial charge in [0.2, 0.25) is 6.08 Å². The molecule has 0 bridgehead atoms. The Hall–Kier alpha value is -13.0. The zero-order valence-corrected chi connectivity index (χ0v) is 71.3. The number of benzene rings is 10. The normalized spacial score (nSPS) is 10.7. The maximum Gasteiger partial charge on any atom is 0.586 e. The number of hydrogen-bond acceptors (Lipinski definition) is 12. The van der Waals surface area contributed by atoms with Crippen molar-refractivity contribution in [1.29, 1.82) is 0 Å². The van der Waals surface area contributed by atoms with Crippen LogP contribution in [0.3, 0.4) is 0 Å². The summed E-state index contributed by atoms with van der Waals surface area (Å²) in [5.41, 5.74) is 20.0. The number of fused-ring (bicyclic) bond motifs is 4. The van der Waals surface area contributed by atoms with Crippen molar-refractivity contribution in [2.24, 2.45) is 4.99 Å². The van der Waals surface area contributed by atoms with Crippen molar-refractivity contribution < 1.29 is 70.8 Å². The minimum Gasteiger partial charge on any atom is -0.290 e. The minimum absolute atomic E-state index is 0.0349. The number of aromatic nitrogens is 5. The number of halogens is 12. The molecule has 0 spiro atoms. The van der Waals surface area contributed by atoms with Crippen LogP contribution in [0.25, 0.3) is 77.0 Å². The van der Waals surface area contributed by atoms with Crippen molar-refractivity contribution in [3.63, 3.8) is 0 Å². The molecule has 5 aromatic heterocycles. The molecule has 0 saturated heterocycles. The molecule has 15 aromatic rings. The Morgan fingerprint density at radius 3 is 1.23 bits per heavy atom. The first-order valence-electron chi connectivity index (χ1n) is 36.7. The second-order valence-corrected chi connectivity index (χ2v) is 29.0. The van der Waals surface area contributed by atoms with Crippen LogP contribution >= 0.6 is 39.1 Å². The molecule has 5 heterocycles. The van der Waals surface area contributed by atoms with E-state index in [-0.39, 0.29) is 22.4 Å². The third-order valence-corrected chi connectivity index (χ3v) is 18.0. The number of aldehydes is 1. The first kappa shape index (κ1) is 95.5. The summed E-state index contributed by atoms with van der Waals surface area (Å²) >= 11 is 11.3. The number of nitrogens with zero attached hydrogens (tertiary/aromatic N) is 6. The van der Waals surface area contributed by atoms with Gasteiger partial charge in [-0.05, 0) is 233 Å². The molecule has 0 fully saturated rings. The molecule has 4 amide bonds. The first-order valence-corrected chi connectivity index (χ1v) is 40.0. The molecule has 15 rings (SSSR count). The number of aliphatic imine (C=N–C) groups is 1. The fourth-order valence-electron chi connectivity index (χ4n) is 12.0. The molecule has 10 aromatic carbocycles. The van der Waals surface area contributed by atoms with Crippen LogP contribution < -0.4 is 31.5 Å². The van der Waals surface area contributed by atoms with Gasteiger partial charge in [0.15, 0.2) is 12.0 Å². The van der Waals surface area contributed by atoms with E-state index in [1.54, 1.807) is 53.9 Å². The van der Waals surface area contributed by atoms with Crippen LogP contribution in [-0.2, 0) is 31.0 Å². The van der Waals surface area contributed by atoms with Gasteiger partial charge in [0, 0.05) is 89.8 Å². The maximum absolute atomic E-state index is 13.1. The van der Waals surface area contributed by atoms with Gasteiger partial charge < -0.3 is 27.0 Å². The largest absolute Gasteiger partial charge is 0.586 e. The molecule has 17 nitrogen and oxygen atoms in total. The smallest absolute Gasteiger partial charge is 0.290 e. The molecule has 6 N–H and O–H groups in total. The summed E-state index contributed by atoms with van der Waals surface area (Å²) in [4.78, 5) is 66.7. The van der Waals surface area contributed by atoms with Crippen molar-refractivity contribution >= 4 is 164 Å². The summed E-state index contributed by atoms with van der Waals surface area (Å²) in [6.45, 7) is 12.5. The predicted octanol–water partition coefficient (Wildman–Crippen LogP) is 25.0. The monoisotopic (exact) mass is 1840 g/mol. The summed E-state index contributed by atoms with van der Waals surface area (Å²) in [7, 11) is 5.44. The Labute approximate surface area is 727 Å². The second-order valence-electron chi connectivity index (χ2n) is 27.0. The number of rotatable bonds is 9. The number of pyridine rings is 5. The van der Waals surface area contributed by atoms with E-state index in [4.69, 9.17) is 44.6 Å². The van der Waals surface area contributed by atoms with Gasteiger partial charge in [0.05, 0.1) is 61.2 Å². The Morgan fingerprint density at radius 1 is 0.463 bits per heavy atom. The van der Waals surface area contributed by atoms with Gasteiger partial charge in [-0.1, -0.05) is 119 Å². The van der Waals surface area contributed by atoms with Crippen molar-refractivity contribution in [3.05, 3.63) is 339 Å². The number of aryl methyl sites for hydroxylation is 7. The van der Waals surface area contributed by atoms with Gasteiger partial charge in [-0.3, -0.25) is 24.2 Å². The van der Waals surface area contributed by atoms with Crippen molar-refractivity contribution in [2.75, 3.05) is 32.3 Å². The average Bonchev–Trinajstić information content (AvgIpc) is 0.805. The molecule has 0 aliphatic rings. The number of isocyanates is 1. The number of carbonyl (C=O) groups excluding carboxylic acids is 4. The van der Waals surface area contributed by atoms with E-state index in [2.05, 4.69) is 92.5 Å². The van der Waals surface area contributed by atoms with Gasteiger partial charge in [0.1, 0.15) is 11.9 Å². The van der Waals surface area contributed by atoms with Crippen molar-refractivity contribution in [1.82, 2.24) is 19.9 Å². The summed E-state index contributed by atoms with van der Waals surface area (Å²) in [5.74, 6) is 0. The zero-order valence-electron chi connectivity index (χ0n) is 66.5. The van der Waals surface area contributed by atoms with Gasteiger partial charge in [-0.25, -0.2) is 19.4 Å². The Morgan fingerprint density at radius 2 is 0.829 bits per heavy atom. The number of nitrogens with two attached hydrogens (primary N) is 1. The SMILES string of the molecule is Cc1cc(N=C=O)cc(C(F)(F)F)c1.Cc1cc(NC(=O)Nc2ccccc2-c2ccc3nc(C)ccc3c2)cc(C(F)(F)F)c1.Cc1cc(NC(=O)Nc2ccccc2-c2ccc3nc(C=O)ccc3c2)cc(C(F)(F)F)c1.Cc1ccc2cc(-c3ccccc3N)ccc2n1.Cc1ccc2cc(Br)ccc2n1.ClCCl.O=[Se]=O.[B][n+]1ccccc1C. The molecule has 123 heavy (non-hydrogen) atoms. The molecular weight excluding hydrogens is 1770 g/mol. The van der Waals surface area contributed by atoms with E-state index < -0.39 is 62.1 Å². The minimum atomic E-state index is -4.51. The first-order chi connectivity index (χ1) is 58.5. The molecule has 0 aliphatic carbocycles. The van der Waals surface area contributed by atoms with Crippen molar-refractivity contribution in [2.45, 2.75) is 67.0 Å². The van der Waals surface area contributed by atoms with Crippen LogP contribution in [0.2, 0.25) is 0 Å². The number of urea groups is 2. The fourth-order valence-corrected chi connectivity index (χ4v) is 12.4. The second kappa shape index (κ2) is 45.0. The van der Waals surface area contributed by atoms with Crippen LogP contribution in [0, 0.1) is 48.5 Å². The van der Waals surface area contributed by atoms with Gasteiger partial charge in [-0.2, -0.15) is 44.5 Å². The number of anilines is 5. The average molecular weight is 1840 g/mol. The third kappa shape index (κ3) is 29.4. The zero-order chi connectivity index (χ0) is 89.7. The Balaban J connectivity index is 0.000000191. The maximum atomic E-state index is 13.1. The van der Waals surface area contributed by atoms with Gasteiger partial charge in [-0.15, -0.1) is 23.2 Å². The van der Waals surface area contributed by atoms with Gasteiger partial charge >= 0.3 is 61.1 Å². The van der Waals surface area contributed by atoms with Crippen LogP contribution in [0.4, 0.5) is 83.2 Å². The third-order valence-electron chi connectivity index (χ3n) is 17.5. The summed E-state index contributed by atoms with van der Waals surface area (Å²) in [5, 5.41) is 14.7. The van der Waals surface area contributed by atoms with E-state index >= 15 is 0 Å². The van der Waals surface area contributed by atoms with E-state index in [1.165, 1.54) is 43.5 Å². The molecule has 0 saturated carbocycles. The van der Waals surface area contributed by atoms with Crippen LogP contribution in [-0.4, -0.2) is 72.5 Å². The summed E-state index contributed by atoms with van der Waals surface area (Å²) in [6, 6.07) is 75.9. The Bertz CT molecular complexity index is 6300. The van der Waals surface area contributed by atoms with Crippen molar-refractivity contribution in [3.8, 4) is 33.4 Å². The van der Waals surface area contributed by atoms with Crippen LogP contribution in [0.15, 0.2) is 283 Å². The standard InChI is InChI=1S/C25H18F3N3O2.C25H20F3N3O.C16H14N2.C10H8BrN.C9H6F3NO.C6H7BN.CH2Cl2.O2Se/c1-15-10-18(25(26,27)28)13-20(11-15)30-24(33)31-23-5-3-2-4-21(23)16-7-9-22-17(12-16)6-8-19(14-32)29-22;1-15-11-19(25(26,27)28)14-20(12-15)30-24(32)31-23-6-4-3-5-21(23)17-9-10-22-18(13-17)8-7-16(2)29-22;1-11-6-7-13-10-12(8-9-16(13)18-11)14-4-2-3-5-15(14)17;1-7-2-3-8-6-9(11)4-5-10(8)12-7;1-6-2-7(9(10,11)12)4-8(3-6)13-5-14;1-6-4-2-3-5-8(6)7;2-1-3;1-3-2/h2-14H,1H3,(H2,30,31,33);3-14H,1-2H3,(H2,30,31,32);2-10H,17H2,1H3;2-6H,1H3;2-4H,1H3;2-5H,1H3;1H2;/q;;;;;+1;;. The number of nitrogens with one attached hydrogen (secondary N) is 4. The number of nitrogen functional groups attached to an aromatic ring is 1. The number of hydrogen-bond donors (Lipinski definition) is 5. The van der Waals surface area contributed by atoms with E-state index in [0.29, 0.717) is 51.1 Å². The van der Waals surface area contributed by atoms with E-state index in [9.17, 15) is 58.7 Å². The molecule has 2 radical (unpaired) electrons. The molecule has 31 heteroatoms. The number of carbonyl (C=O) groups is 3. The topological polar surface area (TPSA) is 244 Å². The van der Waals surface area contributed by atoms with Crippen LogP contribution in [0.5, 0.6) is 0 Å². The number of amides is 4.